The van der Waals surface area contributed by atoms with Gasteiger partial charge in [-0.3, -0.25) is 0 Å². The maximum Gasteiger partial charge on any atom is 0.490 e. The molecule has 1 aromatic rings. The predicted molar refractivity (Wildman–Crippen MR) is 72.0 cm³/mol. The molecule has 1 aromatic carbocycles. The number of aliphatic carboxylic acids is 1. The fraction of sp³-hybridized carbons (Fsp3) is 0.385. The van der Waals surface area contributed by atoms with Gasteiger partial charge in [-0.2, -0.15) is 13.2 Å². The van der Waals surface area contributed by atoms with Crippen molar-refractivity contribution in [2.45, 2.75) is 25.7 Å². The van der Waals surface area contributed by atoms with Gasteiger partial charge in [0.05, 0.1) is 0 Å². The Morgan fingerprint density at radius 2 is 1.82 bits per heavy atom. The van der Waals surface area contributed by atoms with Gasteiger partial charge in [-0.15, -0.1) is 0 Å². The van der Waals surface area contributed by atoms with Crippen molar-refractivity contribution in [3.05, 3.63) is 35.9 Å². The van der Waals surface area contributed by atoms with Gasteiger partial charge in [-0.1, -0.05) is 30.3 Å². The lowest BCUT2D eigenvalue weighted by atomic mass is 10.2. The van der Waals surface area contributed by atoms with Crippen LogP contribution < -0.4 is 11.1 Å². The van der Waals surface area contributed by atoms with Gasteiger partial charge in [-0.25, -0.2) is 9.59 Å². The Morgan fingerprint density at radius 3 is 2.23 bits per heavy atom. The lowest BCUT2D eigenvalue weighted by molar-refractivity contribution is -0.192. The molecule has 0 spiro atoms. The average Bonchev–Trinajstić information content (AvgIpc) is 2.43. The number of carbonyl (C=O) groups is 2. The summed E-state index contributed by atoms with van der Waals surface area (Å²) in [7, 11) is 0. The summed E-state index contributed by atoms with van der Waals surface area (Å²) >= 11 is 0. The number of alkyl halides is 3. The first-order chi connectivity index (χ1) is 10.1. The summed E-state index contributed by atoms with van der Waals surface area (Å²) < 4.78 is 36.7. The Hall–Kier alpha value is -2.29. The first-order valence-electron chi connectivity index (χ1n) is 6.13. The van der Waals surface area contributed by atoms with Gasteiger partial charge < -0.3 is 20.9 Å². The van der Waals surface area contributed by atoms with Crippen LogP contribution in [0.5, 0.6) is 0 Å². The quantitative estimate of drug-likeness (QED) is 0.786. The zero-order valence-electron chi connectivity index (χ0n) is 11.8. The number of ether oxygens (including phenoxy) is 1. The Labute approximate surface area is 125 Å². The molecule has 0 aromatic heterocycles. The molecule has 0 unspecified atom stereocenters. The van der Waals surface area contributed by atoms with Crippen LogP contribution in [0.4, 0.5) is 18.0 Å². The number of carbonyl (C=O) groups excluding carboxylic acids is 1. The minimum absolute atomic E-state index is 0.0609. The van der Waals surface area contributed by atoms with E-state index in [2.05, 4.69) is 5.32 Å². The largest absolute Gasteiger partial charge is 0.490 e. The summed E-state index contributed by atoms with van der Waals surface area (Å²) in [4.78, 5) is 20.0. The molecule has 9 heteroatoms. The molecule has 0 saturated carbocycles. The summed E-state index contributed by atoms with van der Waals surface area (Å²) in [6.07, 6.45) is -5.52. The third-order valence-corrected chi connectivity index (χ3v) is 2.02. The van der Waals surface area contributed by atoms with Crippen molar-refractivity contribution >= 4 is 12.1 Å². The van der Waals surface area contributed by atoms with Gasteiger partial charge in [0.25, 0.3) is 0 Å². The van der Waals surface area contributed by atoms with E-state index in [1.54, 1.807) is 0 Å². The van der Waals surface area contributed by atoms with Crippen LogP contribution in [0.25, 0.3) is 0 Å². The molecule has 0 radical (unpaired) electrons. The molecule has 6 nitrogen and oxygen atoms in total. The fourth-order valence-corrected chi connectivity index (χ4v) is 1.02. The Balaban J connectivity index is 0.000000534. The number of hydrogen-bond donors (Lipinski definition) is 3. The third kappa shape index (κ3) is 10.5. The molecule has 0 saturated heterocycles. The molecule has 0 aliphatic carbocycles. The van der Waals surface area contributed by atoms with Crippen molar-refractivity contribution in [2.75, 3.05) is 6.54 Å². The number of nitrogens with two attached hydrogens (primary N) is 1. The first-order valence-corrected chi connectivity index (χ1v) is 6.13. The lowest BCUT2D eigenvalue weighted by Crippen LogP contribution is -2.35. The molecular formula is C13H17F3N2O4. The highest BCUT2D eigenvalue weighted by Gasteiger charge is 2.38. The van der Waals surface area contributed by atoms with Gasteiger partial charge >= 0.3 is 18.2 Å². The monoisotopic (exact) mass is 322 g/mol. The van der Waals surface area contributed by atoms with Crippen LogP contribution in [-0.4, -0.2) is 35.9 Å². The molecule has 0 aliphatic heterocycles. The van der Waals surface area contributed by atoms with Crippen molar-refractivity contribution in [1.29, 1.82) is 0 Å². The second kappa shape index (κ2) is 9.61. The molecule has 22 heavy (non-hydrogen) atoms. The van der Waals surface area contributed by atoms with Crippen LogP contribution >= 0.6 is 0 Å². The highest BCUT2D eigenvalue weighted by atomic mass is 19.4. The maximum atomic E-state index is 11.1. The maximum absolute atomic E-state index is 11.1. The number of rotatable bonds is 4. The zero-order valence-corrected chi connectivity index (χ0v) is 11.8. The summed E-state index contributed by atoms with van der Waals surface area (Å²) in [6.45, 7) is 2.52. The van der Waals surface area contributed by atoms with Crippen LogP contribution in [0.3, 0.4) is 0 Å². The molecular weight excluding hydrogens is 305 g/mol. The molecule has 0 fully saturated rings. The van der Waals surface area contributed by atoms with Crippen molar-refractivity contribution in [2.24, 2.45) is 5.73 Å². The van der Waals surface area contributed by atoms with Gasteiger partial charge in [0.15, 0.2) is 0 Å². The standard InChI is InChI=1S/C11H16N2O2.C2HF3O2/c1-9(12)7-13-11(14)15-8-10-5-3-2-4-6-10;3-2(4,5)1(6)7/h2-6,9H,7-8,12H2,1H3,(H,13,14);(H,6,7)/t9-;/m1./s1. The molecule has 1 atom stereocenters. The summed E-state index contributed by atoms with van der Waals surface area (Å²) in [5.74, 6) is -2.76. The number of carboxylic acids is 1. The van der Waals surface area contributed by atoms with Gasteiger partial charge in [0, 0.05) is 12.6 Å². The number of halogens is 3. The van der Waals surface area contributed by atoms with Crippen molar-refractivity contribution in [1.82, 2.24) is 5.32 Å². The second-order valence-electron chi connectivity index (χ2n) is 4.22. The topological polar surface area (TPSA) is 102 Å². The van der Waals surface area contributed by atoms with E-state index in [1.165, 1.54) is 0 Å². The minimum Gasteiger partial charge on any atom is -0.475 e. The van der Waals surface area contributed by atoms with Gasteiger partial charge in [-0.05, 0) is 12.5 Å². The highest BCUT2D eigenvalue weighted by Crippen LogP contribution is 2.13. The van der Waals surface area contributed by atoms with Crippen LogP contribution in [0.2, 0.25) is 0 Å². The fourth-order valence-electron chi connectivity index (χ4n) is 1.02. The van der Waals surface area contributed by atoms with Gasteiger partial charge in [0.2, 0.25) is 0 Å². The van der Waals surface area contributed by atoms with E-state index in [9.17, 15) is 18.0 Å². The number of benzene rings is 1. The molecule has 0 aliphatic rings. The van der Waals surface area contributed by atoms with Crippen LogP contribution in [-0.2, 0) is 16.1 Å². The molecule has 0 bridgehead atoms. The smallest absolute Gasteiger partial charge is 0.475 e. The zero-order chi connectivity index (χ0) is 17.2. The van der Waals surface area contributed by atoms with E-state index in [0.29, 0.717) is 6.54 Å². The summed E-state index contributed by atoms with van der Waals surface area (Å²) in [5.41, 5.74) is 6.44. The van der Waals surface area contributed by atoms with Crippen LogP contribution in [0, 0.1) is 0 Å². The number of nitrogens with one attached hydrogen (secondary N) is 1. The van der Waals surface area contributed by atoms with E-state index in [4.69, 9.17) is 20.4 Å². The van der Waals surface area contributed by atoms with E-state index in [-0.39, 0.29) is 12.6 Å². The van der Waals surface area contributed by atoms with Crippen LogP contribution in [0.15, 0.2) is 30.3 Å². The summed E-state index contributed by atoms with van der Waals surface area (Å²) in [6, 6.07) is 9.46. The molecule has 1 rings (SSSR count). The third-order valence-electron chi connectivity index (χ3n) is 2.02. The summed E-state index contributed by atoms with van der Waals surface area (Å²) in [5, 5.41) is 9.69. The van der Waals surface area contributed by atoms with Crippen molar-refractivity contribution in [3.8, 4) is 0 Å². The lowest BCUT2D eigenvalue weighted by Gasteiger charge is -2.08. The Bertz CT molecular complexity index is 464. The molecule has 124 valence electrons. The Kier molecular flexibility index (Phi) is 8.61. The first kappa shape index (κ1) is 19.7. The molecule has 4 N–H and O–H groups in total. The van der Waals surface area contributed by atoms with E-state index in [1.807, 2.05) is 37.3 Å². The number of amides is 1. The second-order valence-corrected chi connectivity index (χ2v) is 4.22. The average molecular weight is 322 g/mol. The van der Waals surface area contributed by atoms with Crippen molar-refractivity contribution < 1.29 is 32.6 Å². The Morgan fingerprint density at radius 1 is 1.32 bits per heavy atom. The van der Waals surface area contributed by atoms with Crippen LogP contribution in [0.1, 0.15) is 12.5 Å². The highest BCUT2D eigenvalue weighted by molar-refractivity contribution is 5.73. The van der Waals surface area contributed by atoms with E-state index < -0.39 is 18.2 Å². The number of alkyl carbamates (subject to hydrolysis) is 1. The predicted octanol–water partition coefficient (Wildman–Crippen LogP) is 1.89. The van der Waals surface area contributed by atoms with Gasteiger partial charge in [0.1, 0.15) is 6.61 Å². The van der Waals surface area contributed by atoms with E-state index in [0.717, 1.165) is 5.56 Å². The van der Waals surface area contributed by atoms with Crippen molar-refractivity contribution in [3.63, 3.8) is 0 Å². The normalized spacial score (nSPS) is 11.7. The number of carboxylic acid groups (broad SMARTS) is 1. The number of hydrogen-bond acceptors (Lipinski definition) is 4. The van der Waals surface area contributed by atoms with E-state index >= 15 is 0 Å². The molecule has 0 heterocycles. The SMILES string of the molecule is C[C@@H](N)CNC(=O)OCc1ccccc1.O=C(O)C(F)(F)F. The molecule has 1 amide bonds. The minimum atomic E-state index is -5.08.